The van der Waals surface area contributed by atoms with Crippen LogP contribution in [0.2, 0.25) is 0 Å². The van der Waals surface area contributed by atoms with Gasteiger partial charge in [-0.05, 0) is 56.8 Å². The zero-order chi connectivity index (χ0) is 14.5. The van der Waals surface area contributed by atoms with E-state index < -0.39 is 0 Å². The molecule has 2 heterocycles. The third-order valence-electron chi connectivity index (χ3n) is 2.75. The summed E-state index contributed by atoms with van der Waals surface area (Å²) < 4.78 is 1.88. The number of hydrogen-bond donors (Lipinski definition) is 1. The van der Waals surface area contributed by atoms with Crippen molar-refractivity contribution in [3.63, 3.8) is 0 Å². The van der Waals surface area contributed by atoms with E-state index in [2.05, 4.69) is 66.0 Å². The van der Waals surface area contributed by atoms with Gasteiger partial charge in [-0.2, -0.15) is 0 Å². The van der Waals surface area contributed by atoms with E-state index in [9.17, 15) is 0 Å². The van der Waals surface area contributed by atoms with Crippen LogP contribution in [0, 0.1) is 0 Å². The van der Waals surface area contributed by atoms with E-state index in [1.165, 1.54) is 0 Å². The highest BCUT2D eigenvalue weighted by atomic mass is 79.9. The average molecular weight is 400 g/mol. The molecule has 0 amide bonds. The number of aryl methyl sites for hydroxylation is 1. The van der Waals surface area contributed by atoms with E-state index in [0.717, 1.165) is 45.5 Å². The Morgan fingerprint density at radius 1 is 1.15 bits per heavy atom. The van der Waals surface area contributed by atoms with Crippen LogP contribution in [0.25, 0.3) is 11.5 Å². The maximum Gasteiger partial charge on any atom is 0.180 e. The smallest absolute Gasteiger partial charge is 0.180 e. The Hall–Kier alpha value is -1.01. The molecule has 0 saturated carbocycles. The second-order valence-electron chi connectivity index (χ2n) is 4.30. The van der Waals surface area contributed by atoms with Gasteiger partial charge in [-0.25, -0.2) is 9.97 Å². The summed E-state index contributed by atoms with van der Waals surface area (Å²) in [7, 11) is 0. The van der Waals surface area contributed by atoms with Crippen molar-refractivity contribution < 1.29 is 0 Å². The Morgan fingerprint density at radius 2 is 1.95 bits per heavy atom. The van der Waals surface area contributed by atoms with Gasteiger partial charge in [-0.1, -0.05) is 13.8 Å². The first-order valence-electron chi connectivity index (χ1n) is 6.57. The van der Waals surface area contributed by atoms with Crippen molar-refractivity contribution in [1.82, 2.24) is 15.0 Å². The van der Waals surface area contributed by atoms with Crippen LogP contribution in [0.4, 0.5) is 5.82 Å². The minimum absolute atomic E-state index is 0.649. The van der Waals surface area contributed by atoms with E-state index >= 15 is 0 Å². The fraction of sp³-hybridized carbons (Fsp3) is 0.357. The molecule has 20 heavy (non-hydrogen) atoms. The van der Waals surface area contributed by atoms with Crippen LogP contribution >= 0.6 is 31.9 Å². The van der Waals surface area contributed by atoms with Gasteiger partial charge in [0.05, 0.1) is 10.2 Å². The summed E-state index contributed by atoms with van der Waals surface area (Å²) >= 11 is 6.96. The van der Waals surface area contributed by atoms with E-state index in [1.807, 2.05) is 12.1 Å². The van der Waals surface area contributed by atoms with Crippen molar-refractivity contribution in [1.29, 1.82) is 0 Å². The maximum atomic E-state index is 4.58. The maximum absolute atomic E-state index is 4.58. The molecule has 0 aliphatic heterocycles. The lowest BCUT2D eigenvalue weighted by Crippen LogP contribution is -2.07. The van der Waals surface area contributed by atoms with E-state index in [0.29, 0.717) is 5.82 Å². The van der Waals surface area contributed by atoms with Crippen molar-refractivity contribution in [3.05, 3.63) is 33.0 Å². The Kier molecular flexibility index (Phi) is 5.48. The van der Waals surface area contributed by atoms with Gasteiger partial charge < -0.3 is 5.32 Å². The first-order valence-corrected chi connectivity index (χ1v) is 8.16. The van der Waals surface area contributed by atoms with E-state index in [1.54, 1.807) is 6.20 Å². The summed E-state index contributed by atoms with van der Waals surface area (Å²) in [5, 5.41) is 3.32. The minimum Gasteiger partial charge on any atom is -0.369 e. The van der Waals surface area contributed by atoms with Crippen molar-refractivity contribution in [2.45, 2.75) is 26.7 Å². The largest absolute Gasteiger partial charge is 0.369 e. The lowest BCUT2D eigenvalue weighted by atomic mass is 10.2. The highest BCUT2D eigenvalue weighted by molar-refractivity contribution is 9.10. The van der Waals surface area contributed by atoms with Gasteiger partial charge in [-0.3, -0.25) is 4.98 Å². The molecule has 0 fully saturated rings. The van der Waals surface area contributed by atoms with E-state index in [4.69, 9.17) is 0 Å². The number of nitrogens with zero attached hydrogens (tertiary/aromatic N) is 3. The molecule has 0 saturated heterocycles. The third kappa shape index (κ3) is 3.55. The van der Waals surface area contributed by atoms with Crippen molar-refractivity contribution >= 4 is 37.7 Å². The monoisotopic (exact) mass is 398 g/mol. The van der Waals surface area contributed by atoms with Gasteiger partial charge in [-0.15, -0.1) is 0 Å². The zero-order valence-corrected chi connectivity index (χ0v) is 14.6. The normalized spacial score (nSPS) is 10.6. The van der Waals surface area contributed by atoms with Crippen molar-refractivity contribution in [2.75, 3.05) is 11.9 Å². The number of hydrogen-bond acceptors (Lipinski definition) is 4. The van der Waals surface area contributed by atoms with E-state index in [-0.39, 0.29) is 0 Å². The first kappa shape index (κ1) is 15.4. The Morgan fingerprint density at radius 3 is 2.55 bits per heavy atom. The molecule has 2 aromatic rings. The molecular formula is C14H16Br2N4. The third-order valence-corrected chi connectivity index (χ3v) is 4.06. The Bertz CT molecular complexity index is 584. The van der Waals surface area contributed by atoms with Gasteiger partial charge >= 0.3 is 0 Å². The molecule has 6 heteroatoms. The van der Waals surface area contributed by atoms with Gasteiger partial charge in [0, 0.05) is 17.2 Å². The quantitative estimate of drug-likeness (QED) is 0.806. The summed E-state index contributed by atoms with van der Waals surface area (Å²) in [6.07, 6.45) is 3.64. The lowest BCUT2D eigenvalue weighted by Gasteiger charge is -2.11. The topological polar surface area (TPSA) is 50.7 Å². The van der Waals surface area contributed by atoms with Crippen LogP contribution in [-0.2, 0) is 6.42 Å². The van der Waals surface area contributed by atoms with Gasteiger partial charge in [0.25, 0.3) is 0 Å². The van der Waals surface area contributed by atoms with Gasteiger partial charge in [0.15, 0.2) is 5.82 Å². The van der Waals surface area contributed by atoms with Crippen LogP contribution < -0.4 is 5.32 Å². The molecule has 0 spiro atoms. The molecule has 0 bridgehead atoms. The highest BCUT2D eigenvalue weighted by Gasteiger charge is 2.12. The number of nitrogens with one attached hydrogen (secondary N) is 1. The standard InChI is InChI=1S/C14H16Br2N4/c1-3-7-17-14-12(16)10(4-2)19-13(20-14)11-6-5-9(15)8-18-11/h5-6,8H,3-4,7H2,1-2H3,(H,17,19,20). The summed E-state index contributed by atoms with van der Waals surface area (Å²) in [6.45, 7) is 5.08. The molecule has 0 aliphatic carbocycles. The first-order chi connectivity index (χ1) is 9.65. The fourth-order valence-corrected chi connectivity index (χ4v) is 2.54. The number of pyridine rings is 1. The summed E-state index contributed by atoms with van der Waals surface area (Å²) in [5.41, 5.74) is 1.76. The van der Waals surface area contributed by atoms with Crippen molar-refractivity contribution in [3.8, 4) is 11.5 Å². The van der Waals surface area contributed by atoms with Gasteiger partial charge in [0.2, 0.25) is 0 Å². The van der Waals surface area contributed by atoms with Crippen LogP contribution in [0.15, 0.2) is 27.3 Å². The summed E-state index contributed by atoms with van der Waals surface area (Å²) in [4.78, 5) is 13.5. The number of aromatic nitrogens is 3. The SMILES string of the molecule is CCCNc1nc(-c2ccc(Br)cn2)nc(CC)c1Br. The zero-order valence-electron chi connectivity index (χ0n) is 11.5. The van der Waals surface area contributed by atoms with Crippen LogP contribution in [0.1, 0.15) is 26.0 Å². The predicted octanol–water partition coefficient (Wildman–Crippen LogP) is 4.45. The second-order valence-corrected chi connectivity index (χ2v) is 6.01. The molecule has 0 radical (unpaired) electrons. The molecule has 0 aliphatic rings. The number of rotatable bonds is 5. The van der Waals surface area contributed by atoms with Gasteiger partial charge in [0.1, 0.15) is 11.5 Å². The molecule has 4 nitrogen and oxygen atoms in total. The molecule has 2 rings (SSSR count). The second kappa shape index (κ2) is 7.13. The van der Waals surface area contributed by atoms with Crippen LogP contribution in [0.5, 0.6) is 0 Å². The summed E-state index contributed by atoms with van der Waals surface area (Å²) in [6, 6.07) is 3.86. The summed E-state index contributed by atoms with van der Waals surface area (Å²) in [5.74, 6) is 1.48. The molecule has 0 unspecified atom stereocenters. The molecule has 0 aromatic carbocycles. The minimum atomic E-state index is 0.649. The molecule has 0 atom stereocenters. The molecular weight excluding hydrogens is 384 g/mol. The number of anilines is 1. The van der Waals surface area contributed by atoms with Crippen molar-refractivity contribution in [2.24, 2.45) is 0 Å². The Balaban J connectivity index is 2.44. The average Bonchev–Trinajstić information content (AvgIpc) is 2.47. The predicted molar refractivity (Wildman–Crippen MR) is 88.8 cm³/mol. The molecule has 2 aromatic heterocycles. The van der Waals surface area contributed by atoms with Crippen LogP contribution in [-0.4, -0.2) is 21.5 Å². The number of halogens is 2. The highest BCUT2D eigenvalue weighted by Crippen LogP contribution is 2.27. The lowest BCUT2D eigenvalue weighted by molar-refractivity contribution is 0.941. The molecule has 106 valence electrons. The molecule has 1 N–H and O–H groups in total. The Labute approximate surface area is 135 Å². The fourth-order valence-electron chi connectivity index (χ4n) is 1.71. The van der Waals surface area contributed by atoms with Crippen LogP contribution in [0.3, 0.4) is 0 Å².